The van der Waals surface area contributed by atoms with E-state index in [-0.39, 0.29) is 17.9 Å². The van der Waals surface area contributed by atoms with Crippen LogP contribution in [0.1, 0.15) is 53.4 Å². The molecule has 0 saturated carbocycles. The number of rotatable bonds is 11. The lowest BCUT2D eigenvalue weighted by molar-refractivity contribution is -0.141. The largest absolute Gasteiger partial charge is 0.469 e. The molecule has 0 bridgehead atoms. The second-order valence-corrected chi connectivity index (χ2v) is 5.99. The SMILES string of the molecule is CCN(CCC(=O)OC)CC(=O)NC(C)CCCC(C)C. The molecule has 1 N–H and O–H groups in total. The zero-order valence-corrected chi connectivity index (χ0v) is 14.3. The number of methoxy groups -OCH3 is 1. The van der Waals surface area contributed by atoms with Gasteiger partial charge in [0.05, 0.1) is 20.1 Å². The van der Waals surface area contributed by atoms with Crippen molar-refractivity contribution in [3.8, 4) is 0 Å². The molecule has 5 nitrogen and oxygen atoms in total. The highest BCUT2D eigenvalue weighted by Crippen LogP contribution is 2.08. The Morgan fingerprint density at radius 3 is 2.38 bits per heavy atom. The monoisotopic (exact) mass is 300 g/mol. The lowest BCUT2D eigenvalue weighted by atomic mass is 10.0. The summed E-state index contributed by atoms with van der Waals surface area (Å²) >= 11 is 0. The van der Waals surface area contributed by atoms with Crippen molar-refractivity contribution in [3.63, 3.8) is 0 Å². The Balaban J connectivity index is 3.94. The molecule has 0 radical (unpaired) electrons. The predicted molar refractivity (Wildman–Crippen MR) is 85.0 cm³/mol. The lowest BCUT2D eigenvalue weighted by Crippen LogP contribution is -2.41. The van der Waals surface area contributed by atoms with Gasteiger partial charge in [0.15, 0.2) is 0 Å². The molecule has 0 rings (SSSR count). The highest BCUT2D eigenvalue weighted by molar-refractivity contribution is 5.78. The van der Waals surface area contributed by atoms with E-state index < -0.39 is 0 Å². The standard InChI is InChI=1S/C16H32N2O3/c1-6-18(11-10-16(20)21-5)12-15(19)17-14(4)9-7-8-13(2)3/h13-14H,6-12H2,1-5H3,(H,17,19). The van der Waals surface area contributed by atoms with E-state index in [9.17, 15) is 9.59 Å². The number of esters is 1. The van der Waals surface area contributed by atoms with Crippen molar-refractivity contribution in [2.45, 2.75) is 59.4 Å². The quantitative estimate of drug-likeness (QED) is 0.594. The van der Waals surface area contributed by atoms with Crippen LogP contribution >= 0.6 is 0 Å². The third-order valence-electron chi connectivity index (χ3n) is 3.50. The first-order chi connectivity index (χ1) is 9.88. The zero-order valence-electron chi connectivity index (χ0n) is 14.3. The highest BCUT2D eigenvalue weighted by atomic mass is 16.5. The Hall–Kier alpha value is -1.10. The second kappa shape index (κ2) is 11.5. The van der Waals surface area contributed by atoms with Crippen LogP contribution in [0.2, 0.25) is 0 Å². The first-order valence-corrected chi connectivity index (χ1v) is 7.97. The number of hydrogen-bond donors (Lipinski definition) is 1. The van der Waals surface area contributed by atoms with Crippen molar-refractivity contribution in [3.05, 3.63) is 0 Å². The summed E-state index contributed by atoms with van der Waals surface area (Å²) in [4.78, 5) is 25.0. The van der Waals surface area contributed by atoms with Gasteiger partial charge in [-0.25, -0.2) is 0 Å². The molecule has 0 heterocycles. The minimum atomic E-state index is -0.240. The molecule has 0 saturated heterocycles. The molecule has 0 aromatic heterocycles. The molecule has 0 aromatic rings. The first kappa shape index (κ1) is 19.9. The topological polar surface area (TPSA) is 58.6 Å². The number of nitrogens with one attached hydrogen (secondary N) is 1. The number of carbonyl (C=O) groups excluding carboxylic acids is 2. The van der Waals surface area contributed by atoms with E-state index in [1.165, 1.54) is 13.5 Å². The fraction of sp³-hybridized carbons (Fsp3) is 0.875. The molecule has 0 aliphatic carbocycles. The van der Waals surface area contributed by atoms with Gasteiger partial charge < -0.3 is 10.1 Å². The molecule has 0 aliphatic heterocycles. The van der Waals surface area contributed by atoms with Crippen LogP contribution in [0.5, 0.6) is 0 Å². The maximum atomic E-state index is 12.0. The van der Waals surface area contributed by atoms with Gasteiger partial charge in [-0.3, -0.25) is 14.5 Å². The summed E-state index contributed by atoms with van der Waals surface area (Å²) in [6.07, 6.45) is 3.67. The van der Waals surface area contributed by atoms with Crippen LogP contribution < -0.4 is 5.32 Å². The van der Waals surface area contributed by atoms with Gasteiger partial charge >= 0.3 is 5.97 Å². The maximum absolute atomic E-state index is 12.0. The summed E-state index contributed by atoms with van der Waals surface area (Å²) in [5, 5.41) is 3.02. The van der Waals surface area contributed by atoms with Gasteiger partial charge in [0.1, 0.15) is 0 Å². The Kier molecular flexibility index (Phi) is 10.9. The molecule has 5 heteroatoms. The number of ether oxygens (including phenoxy) is 1. The van der Waals surface area contributed by atoms with Gasteiger partial charge in [0, 0.05) is 12.6 Å². The first-order valence-electron chi connectivity index (χ1n) is 7.97. The fourth-order valence-corrected chi connectivity index (χ4v) is 2.13. The summed E-state index contributed by atoms with van der Waals surface area (Å²) in [5.41, 5.74) is 0. The van der Waals surface area contributed by atoms with Gasteiger partial charge in [-0.15, -0.1) is 0 Å². The molecule has 21 heavy (non-hydrogen) atoms. The van der Waals surface area contributed by atoms with Gasteiger partial charge in [-0.05, 0) is 25.8 Å². The molecule has 0 spiro atoms. The third-order valence-corrected chi connectivity index (χ3v) is 3.50. The van der Waals surface area contributed by atoms with Crippen molar-refractivity contribution in [2.24, 2.45) is 5.92 Å². The fourth-order valence-electron chi connectivity index (χ4n) is 2.13. The van der Waals surface area contributed by atoms with Crippen molar-refractivity contribution >= 4 is 11.9 Å². The van der Waals surface area contributed by atoms with Crippen molar-refractivity contribution < 1.29 is 14.3 Å². The van der Waals surface area contributed by atoms with Gasteiger partial charge in [-0.1, -0.05) is 33.6 Å². The molecule has 0 aliphatic rings. The van der Waals surface area contributed by atoms with Gasteiger partial charge in [0.2, 0.25) is 5.91 Å². The summed E-state index contributed by atoms with van der Waals surface area (Å²) in [6, 6.07) is 0.204. The van der Waals surface area contributed by atoms with Gasteiger partial charge in [-0.2, -0.15) is 0 Å². The van der Waals surface area contributed by atoms with Crippen LogP contribution in [0.25, 0.3) is 0 Å². The number of amides is 1. The highest BCUT2D eigenvalue weighted by Gasteiger charge is 2.13. The second-order valence-electron chi connectivity index (χ2n) is 5.99. The van der Waals surface area contributed by atoms with E-state index in [4.69, 9.17) is 0 Å². The molecule has 0 aromatic carbocycles. The van der Waals surface area contributed by atoms with E-state index in [1.54, 1.807) is 0 Å². The van der Waals surface area contributed by atoms with E-state index in [2.05, 4.69) is 23.9 Å². The van der Waals surface area contributed by atoms with Crippen LogP contribution in [0, 0.1) is 5.92 Å². The number of carbonyl (C=O) groups is 2. The average Bonchev–Trinajstić information content (AvgIpc) is 2.42. The van der Waals surface area contributed by atoms with Crippen molar-refractivity contribution in [2.75, 3.05) is 26.7 Å². The summed E-state index contributed by atoms with van der Waals surface area (Å²) in [5.74, 6) is 0.497. The summed E-state index contributed by atoms with van der Waals surface area (Å²) in [6.45, 7) is 10.1. The van der Waals surface area contributed by atoms with Crippen LogP contribution in [0.3, 0.4) is 0 Å². The number of likely N-dealkylation sites (N-methyl/N-ethyl adjacent to an activating group) is 1. The number of hydrogen-bond acceptors (Lipinski definition) is 4. The minimum Gasteiger partial charge on any atom is -0.469 e. The smallest absolute Gasteiger partial charge is 0.306 e. The lowest BCUT2D eigenvalue weighted by Gasteiger charge is -2.21. The Bertz CT molecular complexity index is 306. The van der Waals surface area contributed by atoms with E-state index >= 15 is 0 Å². The molecular formula is C16H32N2O3. The summed E-state index contributed by atoms with van der Waals surface area (Å²) < 4.78 is 4.61. The molecule has 1 atom stereocenters. The van der Waals surface area contributed by atoms with Crippen molar-refractivity contribution in [1.29, 1.82) is 0 Å². The average molecular weight is 300 g/mol. The molecular weight excluding hydrogens is 268 g/mol. The van der Waals surface area contributed by atoms with E-state index in [0.717, 1.165) is 19.4 Å². The van der Waals surface area contributed by atoms with E-state index in [1.807, 2.05) is 18.7 Å². The minimum absolute atomic E-state index is 0.0266. The normalized spacial score (nSPS) is 12.5. The Morgan fingerprint density at radius 2 is 1.86 bits per heavy atom. The molecule has 1 amide bonds. The molecule has 1 unspecified atom stereocenters. The number of nitrogens with zero attached hydrogens (tertiary/aromatic N) is 1. The third kappa shape index (κ3) is 11.3. The zero-order chi connectivity index (χ0) is 16.3. The Labute approximate surface area is 129 Å². The van der Waals surface area contributed by atoms with Crippen LogP contribution in [-0.4, -0.2) is 49.6 Å². The van der Waals surface area contributed by atoms with Crippen LogP contribution in [0.15, 0.2) is 0 Å². The summed E-state index contributed by atoms with van der Waals surface area (Å²) in [7, 11) is 1.38. The van der Waals surface area contributed by atoms with Gasteiger partial charge in [0.25, 0.3) is 0 Å². The van der Waals surface area contributed by atoms with E-state index in [0.29, 0.717) is 25.4 Å². The Morgan fingerprint density at radius 1 is 1.19 bits per heavy atom. The predicted octanol–water partition coefficient (Wildman–Crippen LogP) is 2.20. The molecule has 124 valence electrons. The van der Waals surface area contributed by atoms with Crippen molar-refractivity contribution in [1.82, 2.24) is 10.2 Å². The molecule has 0 fully saturated rings. The van der Waals surface area contributed by atoms with Crippen LogP contribution in [0.4, 0.5) is 0 Å². The van der Waals surface area contributed by atoms with Crippen LogP contribution in [-0.2, 0) is 14.3 Å². The maximum Gasteiger partial charge on any atom is 0.306 e.